The van der Waals surface area contributed by atoms with E-state index >= 15 is 0 Å². The molecule has 144 valence electrons. The van der Waals surface area contributed by atoms with Crippen molar-refractivity contribution in [2.45, 2.75) is 57.9 Å². The third-order valence-electron chi connectivity index (χ3n) is 4.76. The van der Waals surface area contributed by atoms with Crippen LogP contribution in [0.4, 0.5) is 0 Å². The van der Waals surface area contributed by atoms with Gasteiger partial charge in [0.1, 0.15) is 0 Å². The molecule has 2 rings (SSSR count). The minimum Gasteiger partial charge on any atom is -0.356 e. The standard InChI is InChI=1S/C18H33N5S.HI/c1-4-16-14-22-17(24-16)10-11-20-18(19-2)21-12-13-23(3)15-8-6-5-7-9-15;/h14-15H,4-13H2,1-3H3,(H2,19,20,21);1H. The lowest BCUT2D eigenvalue weighted by Crippen LogP contribution is -2.43. The molecule has 1 saturated carbocycles. The van der Waals surface area contributed by atoms with Crippen LogP contribution in [-0.2, 0) is 12.8 Å². The van der Waals surface area contributed by atoms with Gasteiger partial charge in [-0.25, -0.2) is 4.98 Å². The lowest BCUT2D eigenvalue weighted by atomic mass is 9.94. The second kappa shape index (κ2) is 12.9. The molecule has 5 nitrogen and oxygen atoms in total. The third-order valence-corrected chi connectivity index (χ3v) is 5.96. The van der Waals surface area contributed by atoms with Crippen LogP contribution in [0.3, 0.4) is 0 Å². The van der Waals surface area contributed by atoms with Gasteiger partial charge in [-0.2, -0.15) is 0 Å². The first-order valence-electron chi connectivity index (χ1n) is 9.31. The van der Waals surface area contributed by atoms with Crippen LogP contribution in [-0.4, -0.2) is 55.6 Å². The van der Waals surface area contributed by atoms with Crippen molar-refractivity contribution in [3.05, 3.63) is 16.1 Å². The zero-order valence-corrected chi connectivity index (χ0v) is 19.0. The van der Waals surface area contributed by atoms with E-state index in [0.717, 1.165) is 44.5 Å². The van der Waals surface area contributed by atoms with Gasteiger partial charge in [-0.05, 0) is 26.3 Å². The Morgan fingerprint density at radius 1 is 1.28 bits per heavy atom. The molecule has 0 bridgehead atoms. The largest absolute Gasteiger partial charge is 0.356 e. The first-order chi connectivity index (χ1) is 11.7. The van der Waals surface area contributed by atoms with E-state index in [4.69, 9.17) is 0 Å². The van der Waals surface area contributed by atoms with E-state index in [1.807, 2.05) is 24.6 Å². The number of aryl methyl sites for hydroxylation is 1. The number of likely N-dealkylation sites (N-methyl/N-ethyl adjacent to an activating group) is 1. The van der Waals surface area contributed by atoms with Crippen LogP contribution in [0, 0.1) is 0 Å². The van der Waals surface area contributed by atoms with E-state index in [1.165, 1.54) is 42.0 Å². The van der Waals surface area contributed by atoms with Crippen molar-refractivity contribution in [3.8, 4) is 0 Å². The van der Waals surface area contributed by atoms with Gasteiger partial charge in [0.05, 0.1) is 5.01 Å². The van der Waals surface area contributed by atoms with E-state index < -0.39 is 0 Å². The highest BCUT2D eigenvalue weighted by Gasteiger charge is 2.17. The molecular formula is C18H34IN5S. The summed E-state index contributed by atoms with van der Waals surface area (Å²) < 4.78 is 0. The van der Waals surface area contributed by atoms with Gasteiger partial charge in [0.2, 0.25) is 0 Å². The van der Waals surface area contributed by atoms with Crippen LogP contribution in [0.25, 0.3) is 0 Å². The van der Waals surface area contributed by atoms with Crippen LogP contribution in [0.2, 0.25) is 0 Å². The number of rotatable bonds is 8. The average Bonchev–Trinajstić information content (AvgIpc) is 3.09. The van der Waals surface area contributed by atoms with Crippen molar-refractivity contribution < 1.29 is 0 Å². The molecule has 0 unspecified atom stereocenters. The first-order valence-corrected chi connectivity index (χ1v) is 10.1. The Bertz CT molecular complexity index is 499. The van der Waals surface area contributed by atoms with Gasteiger partial charge in [-0.3, -0.25) is 4.99 Å². The normalized spacial score (nSPS) is 15.9. The van der Waals surface area contributed by atoms with Gasteiger partial charge in [-0.1, -0.05) is 26.2 Å². The Hall–Kier alpha value is -0.410. The zero-order chi connectivity index (χ0) is 17.2. The van der Waals surface area contributed by atoms with Crippen LogP contribution in [0.5, 0.6) is 0 Å². The number of hydrogen-bond acceptors (Lipinski definition) is 4. The van der Waals surface area contributed by atoms with Crippen LogP contribution >= 0.6 is 35.3 Å². The van der Waals surface area contributed by atoms with Crippen molar-refractivity contribution in [1.29, 1.82) is 0 Å². The number of guanidine groups is 1. The fraction of sp³-hybridized carbons (Fsp3) is 0.778. The highest BCUT2D eigenvalue weighted by atomic mass is 127. The summed E-state index contributed by atoms with van der Waals surface area (Å²) in [6.45, 7) is 5.04. The van der Waals surface area contributed by atoms with Crippen LogP contribution < -0.4 is 10.6 Å². The van der Waals surface area contributed by atoms with Gasteiger partial charge < -0.3 is 15.5 Å². The Balaban J connectivity index is 0.00000312. The number of nitrogens with one attached hydrogen (secondary N) is 2. The number of aromatic nitrogens is 1. The molecule has 0 aromatic carbocycles. The van der Waals surface area contributed by atoms with E-state index in [0.29, 0.717) is 0 Å². The highest BCUT2D eigenvalue weighted by molar-refractivity contribution is 14.0. The third kappa shape index (κ3) is 8.21. The quantitative estimate of drug-likeness (QED) is 0.342. The summed E-state index contributed by atoms with van der Waals surface area (Å²) in [7, 11) is 4.08. The van der Waals surface area contributed by atoms with Crippen molar-refractivity contribution in [2.24, 2.45) is 4.99 Å². The predicted octanol–water partition coefficient (Wildman–Crippen LogP) is 3.30. The predicted molar refractivity (Wildman–Crippen MR) is 119 cm³/mol. The zero-order valence-electron chi connectivity index (χ0n) is 15.9. The Kier molecular flexibility index (Phi) is 11.6. The molecule has 1 aliphatic rings. The average molecular weight is 479 g/mol. The number of halogens is 1. The van der Waals surface area contributed by atoms with Gasteiger partial charge in [0.25, 0.3) is 0 Å². The summed E-state index contributed by atoms with van der Waals surface area (Å²) in [6.07, 6.45) is 10.9. The van der Waals surface area contributed by atoms with E-state index in [-0.39, 0.29) is 24.0 Å². The highest BCUT2D eigenvalue weighted by Crippen LogP contribution is 2.21. The Morgan fingerprint density at radius 3 is 2.64 bits per heavy atom. The minimum absolute atomic E-state index is 0. The fourth-order valence-electron chi connectivity index (χ4n) is 3.19. The Labute approximate surface area is 174 Å². The number of aliphatic imine (C=N–C) groups is 1. The van der Waals surface area contributed by atoms with Gasteiger partial charge in [0.15, 0.2) is 5.96 Å². The lowest BCUT2D eigenvalue weighted by molar-refractivity contribution is 0.194. The molecule has 0 aliphatic heterocycles. The maximum Gasteiger partial charge on any atom is 0.191 e. The molecule has 1 aromatic heterocycles. The molecular weight excluding hydrogens is 445 g/mol. The molecule has 0 radical (unpaired) electrons. The lowest BCUT2D eigenvalue weighted by Gasteiger charge is -2.31. The number of nitrogens with zero attached hydrogens (tertiary/aromatic N) is 3. The molecule has 1 fully saturated rings. The topological polar surface area (TPSA) is 52.6 Å². The second-order valence-corrected chi connectivity index (χ2v) is 7.72. The fourth-order valence-corrected chi connectivity index (χ4v) is 4.05. The number of hydrogen-bond donors (Lipinski definition) is 2. The maximum atomic E-state index is 4.46. The molecule has 0 atom stereocenters. The van der Waals surface area contributed by atoms with Crippen molar-refractivity contribution >= 4 is 41.3 Å². The molecule has 2 N–H and O–H groups in total. The molecule has 1 aliphatic carbocycles. The monoisotopic (exact) mass is 479 g/mol. The molecule has 0 amide bonds. The number of thiazole rings is 1. The summed E-state index contributed by atoms with van der Waals surface area (Å²) in [4.78, 5) is 12.6. The smallest absolute Gasteiger partial charge is 0.191 e. The second-order valence-electron chi connectivity index (χ2n) is 6.52. The molecule has 1 aromatic rings. The van der Waals surface area contributed by atoms with Crippen molar-refractivity contribution in [2.75, 3.05) is 33.7 Å². The van der Waals surface area contributed by atoms with Crippen molar-refractivity contribution in [3.63, 3.8) is 0 Å². The van der Waals surface area contributed by atoms with Crippen LogP contribution in [0.15, 0.2) is 11.2 Å². The summed E-state index contributed by atoms with van der Waals surface area (Å²) in [6, 6.07) is 0.771. The summed E-state index contributed by atoms with van der Waals surface area (Å²) >= 11 is 1.81. The molecule has 0 spiro atoms. The van der Waals surface area contributed by atoms with E-state index in [9.17, 15) is 0 Å². The van der Waals surface area contributed by atoms with Gasteiger partial charge in [0, 0.05) is 50.2 Å². The minimum atomic E-state index is 0. The van der Waals surface area contributed by atoms with Gasteiger partial charge in [-0.15, -0.1) is 35.3 Å². The summed E-state index contributed by atoms with van der Waals surface area (Å²) in [5.41, 5.74) is 0. The Morgan fingerprint density at radius 2 is 2.00 bits per heavy atom. The van der Waals surface area contributed by atoms with E-state index in [1.54, 1.807) is 0 Å². The molecule has 0 saturated heterocycles. The molecule has 1 heterocycles. The SMILES string of the molecule is CCc1cnc(CCNC(=NC)NCCN(C)C2CCCCC2)s1.I. The van der Waals surface area contributed by atoms with Gasteiger partial charge >= 0.3 is 0 Å². The van der Waals surface area contributed by atoms with E-state index in [2.05, 4.69) is 39.5 Å². The first kappa shape index (κ1) is 22.6. The van der Waals surface area contributed by atoms with Crippen LogP contribution in [0.1, 0.15) is 48.9 Å². The maximum absolute atomic E-state index is 4.46. The molecule has 7 heteroatoms. The van der Waals surface area contributed by atoms with Crippen molar-refractivity contribution in [1.82, 2.24) is 20.5 Å². The summed E-state index contributed by atoms with van der Waals surface area (Å²) in [5.74, 6) is 0.888. The molecule has 25 heavy (non-hydrogen) atoms. The summed E-state index contributed by atoms with van der Waals surface area (Å²) in [5, 5.41) is 8.01.